The van der Waals surface area contributed by atoms with E-state index in [-0.39, 0.29) is 5.56 Å². The highest BCUT2D eigenvalue weighted by molar-refractivity contribution is 7.80. The summed E-state index contributed by atoms with van der Waals surface area (Å²) in [4.78, 5) is 12.9. The van der Waals surface area contributed by atoms with Crippen LogP contribution in [0.15, 0.2) is 35.1 Å². The van der Waals surface area contributed by atoms with Crippen molar-refractivity contribution in [3.63, 3.8) is 0 Å². The van der Waals surface area contributed by atoms with Crippen LogP contribution in [0.1, 0.15) is 50.6 Å². The van der Waals surface area contributed by atoms with Crippen molar-refractivity contribution >= 4 is 23.0 Å². The standard InChI is InChI=1S/C20H28N4OS/c1-15-18(19(25)24(23(15)2)17-13-9-6-10-14-17)22-20(26)21-16-11-7-4-3-5-8-12-16/h6,9-10,13-14,16H,3-5,7-8,11-12H2,1-2H3,(H2,21,22,26). The van der Waals surface area contributed by atoms with Gasteiger partial charge in [-0.2, -0.15) is 0 Å². The minimum absolute atomic E-state index is 0.0852. The fraction of sp³-hybridized carbons (Fsp3) is 0.500. The van der Waals surface area contributed by atoms with Gasteiger partial charge in [-0.3, -0.25) is 9.48 Å². The topological polar surface area (TPSA) is 51.0 Å². The van der Waals surface area contributed by atoms with Crippen LogP contribution in [0.25, 0.3) is 5.69 Å². The van der Waals surface area contributed by atoms with Crippen LogP contribution in [0.4, 0.5) is 5.69 Å². The van der Waals surface area contributed by atoms with E-state index >= 15 is 0 Å². The van der Waals surface area contributed by atoms with E-state index in [1.54, 1.807) is 4.68 Å². The molecule has 5 nitrogen and oxygen atoms in total. The van der Waals surface area contributed by atoms with E-state index in [1.165, 1.54) is 32.1 Å². The van der Waals surface area contributed by atoms with E-state index in [9.17, 15) is 4.79 Å². The summed E-state index contributed by atoms with van der Waals surface area (Å²) in [5.41, 5.74) is 2.16. The summed E-state index contributed by atoms with van der Waals surface area (Å²) in [7, 11) is 1.89. The van der Waals surface area contributed by atoms with Gasteiger partial charge in [0.1, 0.15) is 5.69 Å². The Balaban J connectivity index is 1.75. The third kappa shape index (κ3) is 4.18. The van der Waals surface area contributed by atoms with Gasteiger partial charge in [0.25, 0.3) is 5.56 Å². The van der Waals surface area contributed by atoms with Gasteiger partial charge in [-0.1, -0.05) is 50.3 Å². The van der Waals surface area contributed by atoms with Crippen molar-refractivity contribution in [3.8, 4) is 5.69 Å². The molecule has 0 saturated heterocycles. The monoisotopic (exact) mass is 372 g/mol. The molecule has 3 rings (SSSR count). The number of nitrogens with one attached hydrogen (secondary N) is 2. The summed E-state index contributed by atoms with van der Waals surface area (Å²) >= 11 is 5.50. The zero-order valence-corrected chi connectivity index (χ0v) is 16.4. The number of hydrogen-bond donors (Lipinski definition) is 2. The molecule has 1 fully saturated rings. The molecule has 1 heterocycles. The van der Waals surface area contributed by atoms with Gasteiger partial charge in [0.2, 0.25) is 0 Å². The largest absolute Gasteiger partial charge is 0.360 e. The average molecular weight is 373 g/mol. The van der Waals surface area contributed by atoms with Crippen LogP contribution < -0.4 is 16.2 Å². The van der Waals surface area contributed by atoms with Crippen molar-refractivity contribution in [2.45, 2.75) is 57.9 Å². The molecule has 1 aliphatic carbocycles. The molecule has 1 aromatic heterocycles. The molecule has 0 aliphatic heterocycles. The van der Waals surface area contributed by atoms with Gasteiger partial charge >= 0.3 is 0 Å². The van der Waals surface area contributed by atoms with Crippen LogP contribution >= 0.6 is 12.2 Å². The van der Waals surface area contributed by atoms with E-state index in [1.807, 2.05) is 49.0 Å². The van der Waals surface area contributed by atoms with Gasteiger partial charge in [-0.05, 0) is 44.1 Å². The molecular formula is C20H28N4OS. The lowest BCUT2D eigenvalue weighted by atomic mass is 9.97. The van der Waals surface area contributed by atoms with E-state index in [4.69, 9.17) is 12.2 Å². The van der Waals surface area contributed by atoms with E-state index < -0.39 is 0 Å². The fourth-order valence-electron chi connectivity index (χ4n) is 3.65. The van der Waals surface area contributed by atoms with Crippen LogP contribution in [0.2, 0.25) is 0 Å². The molecule has 0 radical (unpaired) electrons. The second-order valence-electron chi connectivity index (χ2n) is 7.08. The smallest absolute Gasteiger partial charge is 0.295 e. The molecule has 2 N–H and O–H groups in total. The molecule has 0 atom stereocenters. The Labute approximate surface area is 160 Å². The quantitative estimate of drug-likeness (QED) is 0.803. The number of aromatic nitrogens is 2. The maximum atomic E-state index is 12.9. The number of rotatable bonds is 3. The first-order valence-corrected chi connectivity index (χ1v) is 9.90. The molecule has 1 aliphatic rings. The van der Waals surface area contributed by atoms with Crippen molar-refractivity contribution in [1.82, 2.24) is 14.7 Å². The molecule has 0 amide bonds. The maximum absolute atomic E-state index is 12.9. The van der Waals surface area contributed by atoms with Gasteiger partial charge in [0.15, 0.2) is 5.11 Å². The second-order valence-corrected chi connectivity index (χ2v) is 7.49. The van der Waals surface area contributed by atoms with Crippen molar-refractivity contribution < 1.29 is 0 Å². The van der Waals surface area contributed by atoms with Crippen LogP contribution in [-0.4, -0.2) is 20.5 Å². The first-order valence-electron chi connectivity index (χ1n) is 9.49. The molecule has 0 spiro atoms. The summed E-state index contributed by atoms with van der Waals surface area (Å²) in [6.07, 6.45) is 8.72. The number of benzene rings is 1. The predicted octanol–water partition coefficient (Wildman–Crippen LogP) is 3.88. The highest BCUT2D eigenvalue weighted by Gasteiger charge is 2.18. The Kier molecular flexibility index (Phi) is 6.14. The molecular weight excluding hydrogens is 344 g/mol. The number of anilines is 1. The summed E-state index contributed by atoms with van der Waals surface area (Å²) in [6.45, 7) is 1.93. The zero-order chi connectivity index (χ0) is 18.5. The molecule has 1 aromatic carbocycles. The van der Waals surface area contributed by atoms with Gasteiger partial charge in [0.05, 0.1) is 11.4 Å². The molecule has 26 heavy (non-hydrogen) atoms. The molecule has 0 unspecified atom stereocenters. The van der Waals surface area contributed by atoms with E-state index in [0.29, 0.717) is 16.8 Å². The Morgan fingerprint density at radius 1 is 1.08 bits per heavy atom. The third-order valence-electron chi connectivity index (χ3n) is 5.23. The van der Waals surface area contributed by atoms with Crippen molar-refractivity contribution in [1.29, 1.82) is 0 Å². The maximum Gasteiger partial charge on any atom is 0.295 e. The Hall–Kier alpha value is -2.08. The number of thiocarbonyl (C=S) groups is 1. The van der Waals surface area contributed by atoms with Crippen molar-refractivity contribution in [2.75, 3.05) is 5.32 Å². The first kappa shape index (κ1) is 18.7. The minimum atomic E-state index is -0.0852. The van der Waals surface area contributed by atoms with Crippen molar-refractivity contribution in [3.05, 3.63) is 46.4 Å². The van der Waals surface area contributed by atoms with Crippen LogP contribution in [-0.2, 0) is 7.05 Å². The summed E-state index contributed by atoms with van der Waals surface area (Å²) in [6, 6.07) is 10.1. The molecule has 1 saturated carbocycles. The van der Waals surface area contributed by atoms with Gasteiger partial charge < -0.3 is 10.6 Å². The summed E-state index contributed by atoms with van der Waals surface area (Å²) in [5.74, 6) is 0. The Bertz CT molecular complexity index is 801. The highest BCUT2D eigenvalue weighted by Crippen LogP contribution is 2.18. The van der Waals surface area contributed by atoms with Crippen LogP contribution in [0, 0.1) is 6.92 Å². The number of nitrogens with zero attached hydrogens (tertiary/aromatic N) is 2. The lowest BCUT2D eigenvalue weighted by molar-refractivity contribution is 0.430. The first-order chi connectivity index (χ1) is 12.6. The minimum Gasteiger partial charge on any atom is -0.360 e. The lowest BCUT2D eigenvalue weighted by Gasteiger charge is -2.22. The Morgan fingerprint density at radius 3 is 2.35 bits per heavy atom. The van der Waals surface area contributed by atoms with E-state index in [0.717, 1.165) is 24.2 Å². The van der Waals surface area contributed by atoms with E-state index in [2.05, 4.69) is 10.6 Å². The summed E-state index contributed by atoms with van der Waals surface area (Å²) in [5, 5.41) is 7.12. The zero-order valence-electron chi connectivity index (χ0n) is 15.6. The lowest BCUT2D eigenvalue weighted by Crippen LogP contribution is -2.39. The molecule has 2 aromatic rings. The third-order valence-corrected chi connectivity index (χ3v) is 5.45. The van der Waals surface area contributed by atoms with Gasteiger partial charge in [-0.15, -0.1) is 0 Å². The Morgan fingerprint density at radius 2 is 1.69 bits per heavy atom. The fourth-order valence-corrected chi connectivity index (χ4v) is 3.92. The van der Waals surface area contributed by atoms with Crippen molar-refractivity contribution in [2.24, 2.45) is 7.05 Å². The SMILES string of the molecule is Cc1c(NC(=S)NC2CCCCCCC2)c(=O)n(-c2ccccc2)n1C. The summed E-state index contributed by atoms with van der Waals surface area (Å²) < 4.78 is 3.52. The molecule has 0 bridgehead atoms. The van der Waals surface area contributed by atoms with Crippen LogP contribution in [0.5, 0.6) is 0 Å². The molecule has 6 heteroatoms. The number of para-hydroxylation sites is 1. The van der Waals surface area contributed by atoms with Gasteiger partial charge in [0, 0.05) is 13.1 Å². The van der Waals surface area contributed by atoms with Crippen LogP contribution in [0.3, 0.4) is 0 Å². The highest BCUT2D eigenvalue weighted by atomic mass is 32.1. The average Bonchev–Trinajstić information content (AvgIpc) is 2.81. The normalized spacial score (nSPS) is 15.9. The van der Waals surface area contributed by atoms with Gasteiger partial charge in [-0.25, -0.2) is 4.68 Å². The predicted molar refractivity (Wildman–Crippen MR) is 111 cm³/mol. The molecule has 140 valence electrons. The second kappa shape index (κ2) is 8.54. The number of hydrogen-bond acceptors (Lipinski definition) is 2.